The Morgan fingerprint density at radius 1 is 0.667 bits per heavy atom. The molecule has 0 spiro atoms. The van der Waals surface area contributed by atoms with E-state index in [1.54, 1.807) is 14.2 Å². The Hall–Kier alpha value is -1.42. The molecule has 2 aromatic rings. The van der Waals surface area contributed by atoms with Crippen LogP contribution in [0.5, 0.6) is 0 Å². The number of hydrogen-bond acceptors (Lipinski definition) is 2. The van der Waals surface area contributed by atoms with E-state index < -0.39 is 5.79 Å². The van der Waals surface area contributed by atoms with Crippen molar-refractivity contribution in [1.29, 1.82) is 0 Å². The maximum absolute atomic E-state index is 5.64. The minimum absolute atomic E-state index is 0. The summed E-state index contributed by atoms with van der Waals surface area (Å²) >= 11 is 0. The van der Waals surface area contributed by atoms with E-state index in [4.69, 9.17) is 9.47 Å². The molecule has 0 radical (unpaired) electrons. The van der Waals surface area contributed by atoms with E-state index in [-0.39, 0.29) is 11.0 Å². The molecule has 0 bridgehead atoms. The summed E-state index contributed by atoms with van der Waals surface area (Å²) in [6.45, 7) is 0. The molecule has 0 aromatic heterocycles. The number of benzene rings is 2. The van der Waals surface area contributed by atoms with Gasteiger partial charge in [-0.15, -0.1) is 0 Å². The zero-order chi connectivity index (χ0) is 12.1. The third-order valence-corrected chi connectivity index (χ3v) is 2.88. The second-order valence-electron chi connectivity index (χ2n) is 3.76. The number of rotatable bonds is 4. The van der Waals surface area contributed by atoms with Gasteiger partial charge in [0.2, 0.25) is 5.79 Å². The largest absolute Gasteiger partial charge is 0.346 e. The van der Waals surface area contributed by atoms with Gasteiger partial charge in [0.1, 0.15) is 0 Å². The van der Waals surface area contributed by atoms with Crippen LogP contribution in [-0.4, -0.2) is 25.2 Å². The van der Waals surface area contributed by atoms with Crippen LogP contribution in [0.15, 0.2) is 60.7 Å². The molecule has 0 unspecified atom stereocenters. The van der Waals surface area contributed by atoms with Gasteiger partial charge in [-0.2, -0.15) is 0 Å². The molecule has 2 nitrogen and oxygen atoms in total. The van der Waals surface area contributed by atoms with Gasteiger partial charge in [0, 0.05) is 25.3 Å². The Bertz CT molecular complexity index is 411. The molecular weight excluding hydrogens is 240 g/mol. The van der Waals surface area contributed by atoms with Crippen molar-refractivity contribution < 1.29 is 9.47 Å². The smallest absolute Gasteiger partial charge is 0.221 e. The summed E-state index contributed by atoms with van der Waals surface area (Å²) in [5.74, 6) is -0.831. The third kappa shape index (κ3) is 2.53. The third-order valence-electron chi connectivity index (χ3n) is 2.88. The van der Waals surface area contributed by atoms with Crippen molar-refractivity contribution in [3.63, 3.8) is 0 Å². The van der Waals surface area contributed by atoms with Crippen LogP contribution in [0.4, 0.5) is 0 Å². The highest BCUT2D eigenvalue weighted by atomic mass is 28.1. The number of hydrogen-bond donors (Lipinski definition) is 0. The van der Waals surface area contributed by atoms with Crippen LogP contribution < -0.4 is 0 Å². The first-order chi connectivity index (χ1) is 8.33. The molecule has 0 aliphatic heterocycles. The van der Waals surface area contributed by atoms with E-state index in [9.17, 15) is 0 Å². The van der Waals surface area contributed by atoms with Crippen molar-refractivity contribution in [2.75, 3.05) is 14.2 Å². The maximum atomic E-state index is 5.64. The zero-order valence-corrected chi connectivity index (χ0v) is 10.1. The Morgan fingerprint density at radius 2 is 1.00 bits per heavy atom. The first-order valence-electron chi connectivity index (χ1n) is 5.55. The molecular formula is C15H20O2Si. The quantitative estimate of drug-likeness (QED) is 0.616. The first-order valence-corrected chi connectivity index (χ1v) is 5.55. The lowest BCUT2D eigenvalue weighted by atomic mass is 9.97. The molecule has 0 atom stereocenters. The van der Waals surface area contributed by atoms with Gasteiger partial charge in [-0.05, 0) is 11.0 Å². The molecule has 0 heterocycles. The van der Waals surface area contributed by atoms with Gasteiger partial charge >= 0.3 is 0 Å². The normalized spacial score (nSPS) is 10.8. The van der Waals surface area contributed by atoms with Gasteiger partial charge in [-0.25, -0.2) is 0 Å². The molecule has 0 fully saturated rings. The average Bonchev–Trinajstić information content (AvgIpc) is 2.43. The van der Waals surface area contributed by atoms with Crippen LogP contribution in [0.2, 0.25) is 0 Å². The van der Waals surface area contributed by atoms with Gasteiger partial charge in [-0.1, -0.05) is 60.7 Å². The Morgan fingerprint density at radius 3 is 1.28 bits per heavy atom. The molecule has 2 rings (SSSR count). The van der Waals surface area contributed by atoms with Crippen LogP contribution in [0.3, 0.4) is 0 Å². The highest BCUT2D eigenvalue weighted by Gasteiger charge is 2.33. The average molecular weight is 260 g/mol. The van der Waals surface area contributed by atoms with E-state index in [1.807, 2.05) is 60.7 Å². The molecule has 0 aliphatic carbocycles. The van der Waals surface area contributed by atoms with Crippen LogP contribution >= 0.6 is 0 Å². The van der Waals surface area contributed by atoms with Gasteiger partial charge in [-0.3, -0.25) is 0 Å². The number of ether oxygens (including phenoxy) is 2. The zero-order valence-electron chi connectivity index (χ0n) is 10.1. The van der Waals surface area contributed by atoms with Crippen LogP contribution in [0.25, 0.3) is 0 Å². The predicted octanol–water partition coefficient (Wildman–Crippen LogP) is 1.73. The Balaban J connectivity index is 0.00000162. The van der Waals surface area contributed by atoms with E-state index in [0.29, 0.717) is 0 Å². The first kappa shape index (κ1) is 14.6. The summed E-state index contributed by atoms with van der Waals surface area (Å²) in [7, 11) is 3.31. The van der Waals surface area contributed by atoms with Crippen LogP contribution in [-0.2, 0) is 15.3 Å². The van der Waals surface area contributed by atoms with Gasteiger partial charge in [0.05, 0.1) is 0 Å². The van der Waals surface area contributed by atoms with Crippen LogP contribution in [0.1, 0.15) is 11.1 Å². The summed E-state index contributed by atoms with van der Waals surface area (Å²) in [4.78, 5) is 0. The van der Waals surface area contributed by atoms with E-state index in [2.05, 4.69) is 0 Å². The molecule has 2 aromatic carbocycles. The highest BCUT2D eigenvalue weighted by Crippen LogP contribution is 2.33. The van der Waals surface area contributed by atoms with E-state index >= 15 is 0 Å². The molecule has 0 N–H and O–H groups in total. The van der Waals surface area contributed by atoms with Crippen molar-refractivity contribution in [1.82, 2.24) is 0 Å². The molecule has 0 saturated carbocycles. The Kier molecular flexibility index (Phi) is 5.28. The highest BCUT2D eigenvalue weighted by molar-refractivity contribution is 5.75. The summed E-state index contributed by atoms with van der Waals surface area (Å²) in [6, 6.07) is 19.9. The lowest BCUT2D eigenvalue weighted by Gasteiger charge is -2.31. The minimum Gasteiger partial charge on any atom is -0.346 e. The van der Waals surface area contributed by atoms with Gasteiger partial charge in [0.15, 0.2) is 0 Å². The molecule has 0 saturated heterocycles. The predicted molar refractivity (Wildman–Crippen MR) is 79.0 cm³/mol. The molecule has 18 heavy (non-hydrogen) atoms. The monoisotopic (exact) mass is 260 g/mol. The van der Waals surface area contributed by atoms with E-state index in [1.165, 1.54) is 0 Å². The summed E-state index contributed by atoms with van der Waals surface area (Å²) in [5.41, 5.74) is 1.97. The van der Waals surface area contributed by atoms with Crippen molar-refractivity contribution in [2.45, 2.75) is 5.79 Å². The van der Waals surface area contributed by atoms with Crippen molar-refractivity contribution in [2.24, 2.45) is 0 Å². The topological polar surface area (TPSA) is 18.5 Å². The second-order valence-corrected chi connectivity index (χ2v) is 3.76. The number of methoxy groups -OCH3 is 2. The summed E-state index contributed by atoms with van der Waals surface area (Å²) in [5, 5.41) is 0. The summed E-state index contributed by atoms with van der Waals surface area (Å²) in [6.07, 6.45) is 0. The van der Waals surface area contributed by atoms with Crippen molar-refractivity contribution in [3.8, 4) is 0 Å². The lowest BCUT2D eigenvalue weighted by Crippen LogP contribution is -2.32. The van der Waals surface area contributed by atoms with Crippen molar-refractivity contribution in [3.05, 3.63) is 71.8 Å². The molecule has 0 aliphatic rings. The van der Waals surface area contributed by atoms with Crippen molar-refractivity contribution >= 4 is 11.0 Å². The SMILES string of the molecule is COC(OC)(c1ccccc1)c1ccccc1.[SiH4]. The van der Waals surface area contributed by atoms with Gasteiger partial charge in [0.25, 0.3) is 0 Å². The fraction of sp³-hybridized carbons (Fsp3) is 0.200. The van der Waals surface area contributed by atoms with E-state index in [0.717, 1.165) is 11.1 Å². The molecule has 96 valence electrons. The van der Waals surface area contributed by atoms with Gasteiger partial charge < -0.3 is 9.47 Å². The fourth-order valence-corrected chi connectivity index (χ4v) is 2.04. The lowest BCUT2D eigenvalue weighted by molar-refractivity contribution is -0.183. The molecule has 0 amide bonds. The maximum Gasteiger partial charge on any atom is 0.221 e. The minimum atomic E-state index is -0.831. The summed E-state index contributed by atoms with van der Waals surface area (Å²) < 4.78 is 11.3. The Labute approximate surface area is 113 Å². The van der Waals surface area contributed by atoms with Crippen LogP contribution in [0, 0.1) is 0 Å². The second kappa shape index (κ2) is 6.49. The molecule has 3 heteroatoms. The fourth-order valence-electron chi connectivity index (χ4n) is 2.04. The standard InChI is InChI=1S/C15H16O2.H4Si/c1-16-15(17-2,13-9-5-3-6-10-13)14-11-7-4-8-12-14;/h3-12H,1-2H3;1H4.